The van der Waals surface area contributed by atoms with Crippen molar-refractivity contribution in [1.82, 2.24) is 19.5 Å². The van der Waals surface area contributed by atoms with E-state index in [0.29, 0.717) is 28.4 Å². The third-order valence-corrected chi connectivity index (χ3v) is 7.02. The van der Waals surface area contributed by atoms with Gasteiger partial charge >= 0.3 is 0 Å². The number of carbonyl (C=O) groups excluding carboxylic acids is 1. The fourth-order valence-electron chi connectivity index (χ4n) is 4.03. The SMILES string of the molecule is CCS(=O)(=O)N=C1C(C)=CC(Nc2nc(C)c(-c3cccc4c3ncn4C)nc2C(N)=O)=C[C@@H]1C. The van der Waals surface area contributed by atoms with E-state index in [0.717, 1.165) is 16.6 Å². The summed E-state index contributed by atoms with van der Waals surface area (Å²) in [6.07, 6.45) is 5.30. The van der Waals surface area contributed by atoms with Gasteiger partial charge in [-0.2, -0.15) is 4.40 Å². The fourth-order valence-corrected chi connectivity index (χ4v) is 4.77. The third-order valence-electron chi connectivity index (χ3n) is 5.82. The van der Waals surface area contributed by atoms with Gasteiger partial charge in [-0.15, -0.1) is 0 Å². The summed E-state index contributed by atoms with van der Waals surface area (Å²) >= 11 is 0. The monoisotopic (exact) mass is 493 g/mol. The zero-order valence-corrected chi connectivity index (χ0v) is 21.0. The minimum absolute atomic E-state index is 0.00818. The average Bonchev–Trinajstić information content (AvgIpc) is 3.17. The Kier molecular flexibility index (Phi) is 6.28. The number of sulfonamides is 1. The van der Waals surface area contributed by atoms with Crippen LogP contribution in [0.2, 0.25) is 0 Å². The van der Waals surface area contributed by atoms with Gasteiger partial charge in [0, 0.05) is 24.2 Å². The minimum atomic E-state index is -3.52. The number of rotatable bonds is 6. The Hall–Kier alpha value is -3.86. The molecule has 0 aliphatic heterocycles. The van der Waals surface area contributed by atoms with Crippen LogP contribution in [0.1, 0.15) is 37.0 Å². The van der Waals surface area contributed by atoms with Gasteiger partial charge in [-0.25, -0.2) is 23.4 Å². The van der Waals surface area contributed by atoms with Gasteiger partial charge in [-0.3, -0.25) is 4.79 Å². The Balaban J connectivity index is 1.74. The number of primary amides is 1. The van der Waals surface area contributed by atoms with E-state index >= 15 is 0 Å². The Bertz CT molecular complexity index is 1550. The van der Waals surface area contributed by atoms with Gasteiger partial charge in [0.2, 0.25) is 0 Å². The highest BCUT2D eigenvalue weighted by Gasteiger charge is 2.23. The smallest absolute Gasteiger partial charge is 0.271 e. The van der Waals surface area contributed by atoms with Crippen LogP contribution in [0.3, 0.4) is 0 Å². The summed E-state index contributed by atoms with van der Waals surface area (Å²) in [6, 6.07) is 5.73. The zero-order chi connectivity index (χ0) is 25.5. The van der Waals surface area contributed by atoms with Crippen molar-refractivity contribution in [2.75, 3.05) is 11.1 Å². The lowest BCUT2D eigenvalue weighted by Crippen LogP contribution is -2.22. The summed E-state index contributed by atoms with van der Waals surface area (Å²) in [6.45, 7) is 7.00. The average molecular weight is 494 g/mol. The quantitative estimate of drug-likeness (QED) is 0.536. The Labute approximate surface area is 203 Å². The Morgan fingerprint density at radius 1 is 1.26 bits per heavy atom. The van der Waals surface area contributed by atoms with Gasteiger partial charge in [0.05, 0.1) is 40.2 Å². The first-order valence-electron chi connectivity index (χ1n) is 11.1. The van der Waals surface area contributed by atoms with Crippen LogP contribution in [0.5, 0.6) is 0 Å². The predicted molar refractivity (Wildman–Crippen MR) is 137 cm³/mol. The summed E-state index contributed by atoms with van der Waals surface area (Å²) in [4.78, 5) is 26.0. The molecule has 0 spiro atoms. The van der Waals surface area contributed by atoms with Gasteiger partial charge in [-0.1, -0.05) is 25.1 Å². The molecule has 0 radical (unpaired) electrons. The van der Waals surface area contributed by atoms with Crippen LogP contribution in [-0.2, 0) is 17.1 Å². The van der Waals surface area contributed by atoms with Crippen LogP contribution in [0.15, 0.2) is 52.3 Å². The molecule has 11 heteroatoms. The highest BCUT2D eigenvalue weighted by atomic mass is 32.2. The van der Waals surface area contributed by atoms with Gasteiger partial charge in [0.1, 0.15) is 0 Å². The largest absolute Gasteiger partial charge is 0.364 e. The Morgan fingerprint density at radius 3 is 2.66 bits per heavy atom. The van der Waals surface area contributed by atoms with E-state index in [1.165, 1.54) is 0 Å². The van der Waals surface area contributed by atoms with Crippen LogP contribution in [-0.4, -0.2) is 45.3 Å². The minimum Gasteiger partial charge on any atom is -0.364 e. The molecule has 1 amide bonds. The molecule has 2 aromatic heterocycles. The van der Waals surface area contributed by atoms with E-state index in [4.69, 9.17) is 5.73 Å². The van der Waals surface area contributed by atoms with Gasteiger partial charge in [-0.05, 0) is 38.5 Å². The summed E-state index contributed by atoms with van der Waals surface area (Å²) in [7, 11) is -1.62. The van der Waals surface area contributed by atoms with E-state index in [1.54, 1.807) is 33.2 Å². The molecular formula is C24H27N7O3S. The molecule has 0 saturated heterocycles. The molecule has 0 saturated carbocycles. The molecule has 1 aromatic carbocycles. The van der Waals surface area contributed by atoms with Crippen LogP contribution in [0, 0.1) is 12.8 Å². The number of nitrogens with two attached hydrogens (primary N) is 1. The molecule has 0 bridgehead atoms. The lowest BCUT2D eigenvalue weighted by atomic mass is 9.93. The second-order valence-electron chi connectivity index (χ2n) is 8.46. The third kappa shape index (κ3) is 4.72. The molecule has 182 valence electrons. The number of nitrogens with one attached hydrogen (secondary N) is 1. The molecule has 35 heavy (non-hydrogen) atoms. The molecule has 0 unspecified atom stereocenters. The number of benzene rings is 1. The van der Waals surface area contributed by atoms with Crippen molar-refractivity contribution < 1.29 is 13.2 Å². The van der Waals surface area contributed by atoms with Crippen molar-refractivity contribution in [2.24, 2.45) is 23.1 Å². The number of amides is 1. The van der Waals surface area contributed by atoms with E-state index in [9.17, 15) is 13.2 Å². The highest BCUT2D eigenvalue weighted by molar-refractivity contribution is 7.90. The summed E-state index contributed by atoms with van der Waals surface area (Å²) in [5.41, 5.74) is 11.0. The number of hydrogen-bond donors (Lipinski definition) is 2. The van der Waals surface area contributed by atoms with Gasteiger partial charge in [0.15, 0.2) is 11.5 Å². The molecular weight excluding hydrogens is 466 g/mol. The lowest BCUT2D eigenvalue weighted by molar-refractivity contribution is 0.0996. The van der Waals surface area contributed by atoms with Crippen LogP contribution in [0.25, 0.3) is 22.3 Å². The standard InChI is InChI=1S/C24H27N7O3S/c1-6-35(33,34)30-19-13(2)10-16(11-14(19)3)28-24-22(23(25)32)29-20(15(4)27-24)17-8-7-9-18-21(17)26-12-31(18)5/h7-13H,6H2,1-5H3,(H2,25,32)(H,27,28)/t13-/m0/s1. The predicted octanol–water partition coefficient (Wildman–Crippen LogP) is 3.12. The van der Waals surface area contributed by atoms with Gasteiger partial charge < -0.3 is 15.6 Å². The first kappa shape index (κ1) is 24.3. The van der Waals surface area contributed by atoms with Crippen molar-refractivity contribution in [3.05, 3.63) is 59.3 Å². The molecule has 4 rings (SSSR count). The number of aryl methyl sites for hydroxylation is 2. The molecule has 1 atom stereocenters. The highest BCUT2D eigenvalue weighted by Crippen LogP contribution is 2.30. The zero-order valence-electron chi connectivity index (χ0n) is 20.2. The van der Waals surface area contributed by atoms with E-state index in [2.05, 4.69) is 24.7 Å². The maximum absolute atomic E-state index is 12.3. The number of nitrogens with zero attached hydrogens (tertiary/aromatic N) is 5. The topological polar surface area (TPSA) is 145 Å². The van der Waals surface area contributed by atoms with Crippen molar-refractivity contribution in [3.63, 3.8) is 0 Å². The number of hydrogen-bond acceptors (Lipinski definition) is 7. The summed E-state index contributed by atoms with van der Waals surface area (Å²) in [5, 5.41) is 3.14. The van der Waals surface area contributed by atoms with Crippen LogP contribution >= 0.6 is 0 Å². The van der Waals surface area contributed by atoms with Crippen LogP contribution < -0.4 is 11.1 Å². The number of fused-ring (bicyclic) bond motifs is 1. The van der Waals surface area contributed by atoms with Crippen molar-refractivity contribution in [1.29, 1.82) is 0 Å². The summed E-state index contributed by atoms with van der Waals surface area (Å²) in [5.74, 6) is -0.844. The molecule has 2 heterocycles. The molecule has 0 fully saturated rings. The number of carbonyl (C=O) groups is 1. The molecule has 10 nitrogen and oxygen atoms in total. The number of anilines is 1. The molecule has 1 aliphatic carbocycles. The fraction of sp³-hybridized carbons (Fsp3) is 0.292. The number of para-hydroxylation sites is 1. The maximum Gasteiger partial charge on any atom is 0.271 e. The summed E-state index contributed by atoms with van der Waals surface area (Å²) < 4.78 is 29.9. The first-order valence-corrected chi connectivity index (χ1v) is 12.7. The van der Waals surface area contributed by atoms with E-state index in [1.807, 2.05) is 42.8 Å². The number of aromatic nitrogens is 4. The maximum atomic E-state index is 12.3. The molecule has 1 aliphatic rings. The van der Waals surface area contributed by atoms with Gasteiger partial charge in [0.25, 0.3) is 15.9 Å². The van der Waals surface area contributed by atoms with Crippen molar-refractivity contribution in [3.8, 4) is 11.3 Å². The van der Waals surface area contributed by atoms with Crippen molar-refractivity contribution >= 4 is 38.5 Å². The lowest BCUT2D eigenvalue weighted by Gasteiger charge is -2.21. The normalized spacial score (nSPS) is 17.4. The number of allylic oxidation sites excluding steroid dienone is 3. The Morgan fingerprint density at radius 2 is 2.00 bits per heavy atom. The van der Waals surface area contributed by atoms with Crippen LogP contribution in [0.4, 0.5) is 5.82 Å². The molecule has 3 aromatic rings. The second kappa shape index (κ2) is 9.06. The second-order valence-corrected chi connectivity index (χ2v) is 10.4. The first-order chi connectivity index (χ1) is 16.5. The number of imidazole rings is 1. The van der Waals surface area contributed by atoms with E-state index < -0.39 is 15.9 Å². The molecule has 3 N–H and O–H groups in total. The van der Waals surface area contributed by atoms with E-state index in [-0.39, 0.29) is 23.2 Å². The van der Waals surface area contributed by atoms with Crippen molar-refractivity contribution in [2.45, 2.75) is 27.7 Å².